The van der Waals surface area contributed by atoms with Gasteiger partial charge in [0.05, 0.1) is 27.9 Å². The Morgan fingerprint density at radius 3 is 2.23 bits per heavy atom. The van der Waals surface area contributed by atoms with Gasteiger partial charge in [0.25, 0.3) is 0 Å². The fourth-order valence-electron chi connectivity index (χ4n) is 2.90. The summed E-state index contributed by atoms with van der Waals surface area (Å²) in [5.41, 5.74) is 1.54. The molecule has 0 radical (unpaired) electrons. The Bertz CT molecular complexity index is 937. The minimum Gasteiger partial charge on any atom is -0.494 e. The van der Waals surface area contributed by atoms with Crippen molar-refractivity contribution in [2.45, 2.75) is 19.8 Å². The molecular formula is C23H25NO6. The Kier molecular flexibility index (Phi) is 6.95. The van der Waals surface area contributed by atoms with Crippen molar-refractivity contribution in [1.82, 2.24) is 0 Å². The molecule has 0 bridgehead atoms. The van der Waals surface area contributed by atoms with Crippen molar-refractivity contribution in [2.24, 2.45) is 4.99 Å². The number of carbonyl (C=O) groups is 1. The largest absolute Gasteiger partial charge is 0.494 e. The van der Waals surface area contributed by atoms with Gasteiger partial charge in [0.15, 0.2) is 17.2 Å². The zero-order chi connectivity index (χ0) is 21.5. The van der Waals surface area contributed by atoms with Crippen molar-refractivity contribution in [2.75, 3.05) is 27.9 Å². The van der Waals surface area contributed by atoms with E-state index in [1.54, 1.807) is 18.2 Å². The van der Waals surface area contributed by atoms with Gasteiger partial charge in [-0.1, -0.05) is 13.3 Å². The van der Waals surface area contributed by atoms with Crippen molar-refractivity contribution in [3.63, 3.8) is 0 Å². The molecule has 0 fully saturated rings. The zero-order valence-electron chi connectivity index (χ0n) is 17.6. The number of hydrogen-bond donors (Lipinski definition) is 0. The molecule has 0 N–H and O–H groups in total. The summed E-state index contributed by atoms with van der Waals surface area (Å²) in [7, 11) is 4.59. The molecule has 0 unspecified atom stereocenters. The molecular weight excluding hydrogens is 386 g/mol. The zero-order valence-corrected chi connectivity index (χ0v) is 17.6. The smallest absolute Gasteiger partial charge is 0.363 e. The van der Waals surface area contributed by atoms with E-state index in [0.29, 0.717) is 35.0 Å². The highest BCUT2D eigenvalue weighted by molar-refractivity contribution is 6.12. The normalized spacial score (nSPS) is 14.3. The second kappa shape index (κ2) is 9.82. The van der Waals surface area contributed by atoms with Crippen molar-refractivity contribution in [3.8, 4) is 23.0 Å². The number of aliphatic imine (C=N–C) groups is 1. The summed E-state index contributed by atoms with van der Waals surface area (Å²) in [6, 6.07) is 10.8. The van der Waals surface area contributed by atoms with Gasteiger partial charge in [-0.25, -0.2) is 9.79 Å². The van der Waals surface area contributed by atoms with Gasteiger partial charge in [0.1, 0.15) is 5.75 Å². The quantitative estimate of drug-likeness (QED) is 0.349. The van der Waals surface area contributed by atoms with Crippen LogP contribution >= 0.6 is 0 Å². The average molecular weight is 411 g/mol. The van der Waals surface area contributed by atoms with Crippen LogP contribution in [0.3, 0.4) is 0 Å². The molecule has 0 amide bonds. The Hall–Kier alpha value is -3.48. The first-order valence-electron chi connectivity index (χ1n) is 9.65. The molecule has 3 rings (SSSR count). The third kappa shape index (κ3) is 4.74. The maximum Gasteiger partial charge on any atom is 0.363 e. The van der Waals surface area contributed by atoms with Crippen LogP contribution in [0.4, 0.5) is 0 Å². The molecule has 30 heavy (non-hydrogen) atoms. The van der Waals surface area contributed by atoms with Gasteiger partial charge in [-0.3, -0.25) is 0 Å². The number of hydrogen-bond acceptors (Lipinski definition) is 7. The number of benzene rings is 2. The Labute approximate surface area is 175 Å². The van der Waals surface area contributed by atoms with Gasteiger partial charge in [0, 0.05) is 5.56 Å². The van der Waals surface area contributed by atoms with Gasteiger partial charge in [-0.15, -0.1) is 0 Å². The SMILES string of the molecule is CCCCOc1ccc(C2=N/C(=C/c3cc(OC)c(OC)c(OC)c3)C(=O)O2)cc1. The van der Waals surface area contributed by atoms with E-state index in [1.165, 1.54) is 21.3 Å². The van der Waals surface area contributed by atoms with E-state index >= 15 is 0 Å². The van der Waals surface area contributed by atoms with E-state index in [0.717, 1.165) is 18.6 Å². The number of methoxy groups -OCH3 is 3. The first kappa shape index (κ1) is 21.2. The molecule has 0 spiro atoms. The minimum absolute atomic E-state index is 0.183. The second-order valence-electron chi connectivity index (χ2n) is 6.52. The van der Waals surface area contributed by atoms with Crippen LogP contribution in [-0.2, 0) is 9.53 Å². The van der Waals surface area contributed by atoms with E-state index < -0.39 is 5.97 Å². The van der Waals surface area contributed by atoms with E-state index in [2.05, 4.69) is 11.9 Å². The first-order valence-corrected chi connectivity index (χ1v) is 9.65. The molecule has 0 aliphatic carbocycles. The highest BCUT2D eigenvalue weighted by Crippen LogP contribution is 2.39. The molecule has 1 aliphatic heterocycles. The number of rotatable bonds is 9. The Balaban J connectivity index is 1.84. The van der Waals surface area contributed by atoms with Crippen molar-refractivity contribution < 1.29 is 28.5 Å². The Morgan fingerprint density at radius 2 is 1.67 bits per heavy atom. The molecule has 1 heterocycles. The van der Waals surface area contributed by atoms with Crippen LogP contribution in [0.1, 0.15) is 30.9 Å². The lowest BCUT2D eigenvalue weighted by Gasteiger charge is -2.12. The highest BCUT2D eigenvalue weighted by Gasteiger charge is 2.24. The Morgan fingerprint density at radius 1 is 1.00 bits per heavy atom. The molecule has 2 aromatic rings. The molecule has 0 aromatic heterocycles. The molecule has 0 atom stereocenters. The number of esters is 1. The van der Waals surface area contributed by atoms with E-state index in [1.807, 2.05) is 24.3 Å². The summed E-state index contributed by atoms with van der Waals surface area (Å²) in [4.78, 5) is 16.7. The third-order valence-electron chi connectivity index (χ3n) is 4.48. The third-order valence-corrected chi connectivity index (χ3v) is 4.48. The summed E-state index contributed by atoms with van der Waals surface area (Å²) in [5.74, 6) is 1.93. The summed E-state index contributed by atoms with van der Waals surface area (Å²) in [6.45, 7) is 2.79. The summed E-state index contributed by atoms with van der Waals surface area (Å²) in [6.07, 6.45) is 3.69. The minimum atomic E-state index is -0.526. The standard InChI is InChI=1S/C23H25NO6/c1-5-6-11-29-17-9-7-16(8-10-17)22-24-18(23(25)30-22)12-15-13-19(26-2)21(28-4)20(14-15)27-3/h7-10,12-14H,5-6,11H2,1-4H3/b18-12+. The van der Waals surface area contributed by atoms with Crippen LogP contribution in [-0.4, -0.2) is 39.8 Å². The van der Waals surface area contributed by atoms with Crippen LogP contribution in [0.5, 0.6) is 23.0 Å². The summed E-state index contributed by atoms with van der Waals surface area (Å²) >= 11 is 0. The van der Waals surface area contributed by atoms with Crippen LogP contribution < -0.4 is 18.9 Å². The molecule has 1 aliphatic rings. The molecule has 7 nitrogen and oxygen atoms in total. The molecule has 158 valence electrons. The number of unbranched alkanes of at least 4 members (excludes halogenated alkanes) is 1. The van der Waals surface area contributed by atoms with Crippen molar-refractivity contribution >= 4 is 17.9 Å². The lowest BCUT2D eigenvalue weighted by Crippen LogP contribution is -2.05. The van der Waals surface area contributed by atoms with Gasteiger partial charge in [-0.2, -0.15) is 0 Å². The van der Waals surface area contributed by atoms with Crippen molar-refractivity contribution in [3.05, 3.63) is 53.2 Å². The lowest BCUT2D eigenvalue weighted by atomic mass is 10.1. The van der Waals surface area contributed by atoms with Crippen LogP contribution in [0, 0.1) is 0 Å². The lowest BCUT2D eigenvalue weighted by molar-refractivity contribution is -0.129. The van der Waals surface area contributed by atoms with Crippen LogP contribution in [0.2, 0.25) is 0 Å². The fraction of sp³-hybridized carbons (Fsp3) is 0.304. The van der Waals surface area contributed by atoms with Crippen LogP contribution in [0.15, 0.2) is 47.1 Å². The number of cyclic esters (lactones) is 1. The van der Waals surface area contributed by atoms with E-state index in [4.69, 9.17) is 23.7 Å². The first-order chi connectivity index (χ1) is 14.6. The van der Waals surface area contributed by atoms with E-state index in [-0.39, 0.29) is 11.6 Å². The molecule has 2 aromatic carbocycles. The molecule has 7 heteroatoms. The molecule has 0 saturated carbocycles. The maximum atomic E-state index is 12.3. The number of carbonyl (C=O) groups excluding carboxylic acids is 1. The van der Waals surface area contributed by atoms with Gasteiger partial charge < -0.3 is 23.7 Å². The van der Waals surface area contributed by atoms with E-state index in [9.17, 15) is 4.79 Å². The van der Waals surface area contributed by atoms with Gasteiger partial charge in [0.2, 0.25) is 11.6 Å². The topological polar surface area (TPSA) is 75.6 Å². The number of nitrogens with zero attached hydrogens (tertiary/aromatic N) is 1. The predicted molar refractivity (Wildman–Crippen MR) is 114 cm³/mol. The van der Waals surface area contributed by atoms with Gasteiger partial charge in [-0.05, 0) is 54.5 Å². The van der Waals surface area contributed by atoms with Crippen molar-refractivity contribution in [1.29, 1.82) is 0 Å². The summed E-state index contributed by atoms with van der Waals surface area (Å²) < 4.78 is 27.0. The second-order valence-corrected chi connectivity index (χ2v) is 6.52. The van der Waals surface area contributed by atoms with Crippen LogP contribution in [0.25, 0.3) is 6.08 Å². The average Bonchev–Trinajstić information content (AvgIpc) is 3.13. The predicted octanol–water partition coefficient (Wildman–Crippen LogP) is 4.24. The monoisotopic (exact) mass is 411 g/mol. The fourth-order valence-corrected chi connectivity index (χ4v) is 2.90. The molecule has 0 saturated heterocycles. The summed E-state index contributed by atoms with van der Waals surface area (Å²) in [5, 5.41) is 0. The highest BCUT2D eigenvalue weighted by atomic mass is 16.6. The van der Waals surface area contributed by atoms with Gasteiger partial charge >= 0.3 is 5.97 Å². The maximum absolute atomic E-state index is 12.3. The number of ether oxygens (including phenoxy) is 5.